The third kappa shape index (κ3) is 3.79. The zero-order valence-electron chi connectivity index (χ0n) is 11.8. The van der Waals surface area contributed by atoms with Gasteiger partial charge in [0.05, 0.1) is 13.2 Å². The van der Waals surface area contributed by atoms with Crippen LogP contribution in [0.1, 0.15) is 6.42 Å². The predicted octanol–water partition coefficient (Wildman–Crippen LogP) is -2.38. The molecule has 1 heterocycles. The van der Waals surface area contributed by atoms with Crippen molar-refractivity contribution in [2.75, 3.05) is 13.2 Å². The van der Waals surface area contributed by atoms with Gasteiger partial charge in [-0.1, -0.05) is 0 Å². The smallest absolute Gasteiger partial charge is 0.186 e. The maximum absolute atomic E-state index is 11.0. The second-order valence-electron chi connectivity index (χ2n) is 5.38. The molecular weight excluding hydrogens is 296 g/mol. The highest BCUT2D eigenvalue weighted by atomic mass is 16.7. The van der Waals surface area contributed by atoms with E-state index in [4.69, 9.17) is 14.6 Å². The molecule has 1 aliphatic heterocycles. The minimum absolute atomic E-state index is 0.0396. The fraction of sp³-hybridized carbons (Fsp3) is 0.643. The molecule has 8 heteroatoms. The summed E-state index contributed by atoms with van der Waals surface area (Å²) in [5.41, 5.74) is -1.33. The minimum Gasteiger partial charge on any atom is -0.394 e. The van der Waals surface area contributed by atoms with Crippen LogP contribution in [0.5, 0.6) is 0 Å². The number of carbonyl (C=O) groups is 1. The Kier molecular flexibility index (Phi) is 5.45. The van der Waals surface area contributed by atoms with Gasteiger partial charge >= 0.3 is 0 Å². The molecule has 1 saturated heterocycles. The van der Waals surface area contributed by atoms with E-state index in [9.17, 15) is 25.2 Å². The van der Waals surface area contributed by atoms with Crippen LogP contribution in [0.2, 0.25) is 0 Å². The maximum atomic E-state index is 11.0. The number of rotatable bonds is 5. The van der Waals surface area contributed by atoms with Crippen LogP contribution in [0.15, 0.2) is 24.3 Å². The second-order valence-corrected chi connectivity index (χ2v) is 5.38. The van der Waals surface area contributed by atoms with Gasteiger partial charge in [-0.15, -0.1) is 0 Å². The molecule has 0 saturated carbocycles. The Morgan fingerprint density at radius 3 is 2.36 bits per heavy atom. The van der Waals surface area contributed by atoms with Gasteiger partial charge in [-0.05, 0) is 24.3 Å². The van der Waals surface area contributed by atoms with Gasteiger partial charge in [0.25, 0.3) is 0 Å². The molecule has 0 amide bonds. The Balaban J connectivity index is 1.87. The highest BCUT2D eigenvalue weighted by Gasteiger charge is 2.44. The standard InChI is InChI=1S/C14H20O8/c15-7-9-10(17)11(18)12(19)13(22-9)21-6-5-14(20)3-1-8(16)2-4-14/h1-4,9-13,15,17-20H,5-7H2. The van der Waals surface area contributed by atoms with Crippen molar-refractivity contribution in [1.29, 1.82) is 0 Å². The molecule has 0 radical (unpaired) electrons. The van der Waals surface area contributed by atoms with Crippen molar-refractivity contribution in [2.45, 2.75) is 42.7 Å². The van der Waals surface area contributed by atoms with Crippen LogP contribution in [0, 0.1) is 0 Å². The Bertz CT molecular complexity index is 442. The number of ketones is 1. The van der Waals surface area contributed by atoms with E-state index < -0.39 is 42.9 Å². The van der Waals surface area contributed by atoms with Gasteiger partial charge < -0.3 is 35.0 Å². The molecule has 0 aromatic carbocycles. The summed E-state index contributed by atoms with van der Waals surface area (Å²) in [5, 5.41) is 48.2. The van der Waals surface area contributed by atoms with Gasteiger partial charge in [-0.2, -0.15) is 0 Å². The molecule has 22 heavy (non-hydrogen) atoms. The van der Waals surface area contributed by atoms with Crippen molar-refractivity contribution in [2.24, 2.45) is 0 Å². The van der Waals surface area contributed by atoms with E-state index in [0.29, 0.717) is 0 Å². The zero-order chi connectivity index (χ0) is 16.3. The fourth-order valence-electron chi connectivity index (χ4n) is 2.27. The lowest BCUT2D eigenvalue weighted by Crippen LogP contribution is -2.59. The van der Waals surface area contributed by atoms with E-state index in [2.05, 4.69) is 0 Å². The highest BCUT2D eigenvalue weighted by molar-refractivity contribution is 6.00. The Morgan fingerprint density at radius 2 is 1.77 bits per heavy atom. The van der Waals surface area contributed by atoms with Crippen molar-refractivity contribution < 1.29 is 39.8 Å². The van der Waals surface area contributed by atoms with E-state index in [-0.39, 0.29) is 18.8 Å². The second kappa shape index (κ2) is 6.97. The molecule has 5 atom stereocenters. The summed E-state index contributed by atoms with van der Waals surface area (Å²) < 4.78 is 10.4. The van der Waals surface area contributed by atoms with Crippen LogP contribution in [0.4, 0.5) is 0 Å². The molecule has 0 aromatic rings. The molecule has 1 aliphatic carbocycles. The van der Waals surface area contributed by atoms with Crippen molar-refractivity contribution >= 4 is 5.78 Å². The van der Waals surface area contributed by atoms with E-state index in [1.54, 1.807) is 0 Å². The summed E-state index contributed by atoms with van der Waals surface area (Å²) in [7, 11) is 0. The van der Waals surface area contributed by atoms with Crippen LogP contribution in [-0.4, -0.2) is 80.8 Å². The topological polar surface area (TPSA) is 137 Å². The average Bonchev–Trinajstić information content (AvgIpc) is 2.50. The van der Waals surface area contributed by atoms with Crippen molar-refractivity contribution in [3.05, 3.63) is 24.3 Å². The summed E-state index contributed by atoms with van der Waals surface area (Å²) in [5.74, 6) is -0.223. The van der Waals surface area contributed by atoms with E-state index >= 15 is 0 Å². The summed E-state index contributed by atoms with van der Waals surface area (Å²) in [6.45, 7) is -0.579. The molecule has 0 aromatic heterocycles. The van der Waals surface area contributed by atoms with Crippen LogP contribution in [-0.2, 0) is 14.3 Å². The number of carbonyl (C=O) groups excluding carboxylic acids is 1. The average molecular weight is 316 g/mol. The van der Waals surface area contributed by atoms with Gasteiger partial charge in [-0.25, -0.2) is 0 Å². The molecule has 5 unspecified atom stereocenters. The number of ether oxygens (including phenoxy) is 2. The van der Waals surface area contributed by atoms with Crippen LogP contribution >= 0.6 is 0 Å². The fourth-order valence-corrected chi connectivity index (χ4v) is 2.27. The summed E-state index contributed by atoms with van der Waals surface area (Å²) in [6.07, 6.45) is -1.45. The molecule has 124 valence electrons. The number of allylic oxidation sites excluding steroid dienone is 2. The molecule has 1 fully saturated rings. The van der Waals surface area contributed by atoms with Crippen LogP contribution in [0.25, 0.3) is 0 Å². The molecular formula is C14H20O8. The Hall–Kier alpha value is -1.13. The normalized spacial score (nSPS) is 37.5. The summed E-state index contributed by atoms with van der Waals surface area (Å²) >= 11 is 0. The van der Waals surface area contributed by atoms with Crippen LogP contribution in [0.3, 0.4) is 0 Å². The predicted molar refractivity (Wildman–Crippen MR) is 72.6 cm³/mol. The number of hydrogen-bond acceptors (Lipinski definition) is 8. The molecule has 5 N–H and O–H groups in total. The monoisotopic (exact) mass is 316 g/mol. The minimum atomic E-state index is -1.51. The zero-order valence-corrected chi connectivity index (χ0v) is 11.8. The lowest BCUT2D eigenvalue weighted by atomic mass is 9.94. The largest absolute Gasteiger partial charge is 0.394 e. The summed E-state index contributed by atoms with van der Waals surface area (Å²) in [4.78, 5) is 11.0. The van der Waals surface area contributed by atoms with E-state index in [1.807, 2.05) is 0 Å². The Labute approximate surface area is 126 Å². The molecule has 0 bridgehead atoms. The van der Waals surface area contributed by atoms with E-state index in [1.165, 1.54) is 24.3 Å². The molecule has 8 nitrogen and oxygen atoms in total. The first-order chi connectivity index (χ1) is 10.4. The number of aliphatic hydroxyl groups is 5. The quantitative estimate of drug-likeness (QED) is 0.379. The molecule has 2 aliphatic rings. The SMILES string of the molecule is O=C1C=CC(O)(CCOC2OC(CO)C(O)C(O)C2O)C=C1. The van der Waals surface area contributed by atoms with Gasteiger partial charge in [0.2, 0.25) is 0 Å². The third-order valence-electron chi connectivity index (χ3n) is 3.71. The lowest BCUT2D eigenvalue weighted by molar-refractivity contribution is -0.301. The lowest BCUT2D eigenvalue weighted by Gasteiger charge is -2.39. The van der Waals surface area contributed by atoms with Gasteiger partial charge in [0, 0.05) is 6.42 Å². The third-order valence-corrected chi connectivity index (χ3v) is 3.71. The number of hydrogen-bond donors (Lipinski definition) is 5. The van der Waals surface area contributed by atoms with Crippen LogP contribution < -0.4 is 0 Å². The van der Waals surface area contributed by atoms with Gasteiger partial charge in [-0.3, -0.25) is 4.79 Å². The summed E-state index contributed by atoms with van der Waals surface area (Å²) in [6, 6.07) is 0. The molecule has 2 rings (SSSR count). The number of aliphatic hydroxyl groups excluding tert-OH is 4. The van der Waals surface area contributed by atoms with Gasteiger partial charge in [0.1, 0.15) is 30.0 Å². The first kappa shape index (κ1) is 17.2. The first-order valence-electron chi connectivity index (χ1n) is 6.93. The molecule has 0 spiro atoms. The maximum Gasteiger partial charge on any atom is 0.186 e. The van der Waals surface area contributed by atoms with Gasteiger partial charge in [0.15, 0.2) is 12.1 Å². The first-order valence-corrected chi connectivity index (χ1v) is 6.93. The van der Waals surface area contributed by atoms with Crippen molar-refractivity contribution in [3.63, 3.8) is 0 Å². The highest BCUT2D eigenvalue weighted by Crippen LogP contribution is 2.23. The van der Waals surface area contributed by atoms with Crippen molar-refractivity contribution in [1.82, 2.24) is 0 Å². The van der Waals surface area contributed by atoms with Crippen molar-refractivity contribution in [3.8, 4) is 0 Å². The van der Waals surface area contributed by atoms with E-state index in [0.717, 1.165) is 0 Å². The Morgan fingerprint density at radius 1 is 1.14 bits per heavy atom.